The topological polar surface area (TPSA) is 44.8 Å². The molecule has 2 heterocycles. The molecule has 1 saturated heterocycles. The second-order valence-corrected chi connectivity index (χ2v) is 7.54. The fourth-order valence-electron chi connectivity index (χ4n) is 3.30. The number of methoxy groups -OCH3 is 1. The van der Waals surface area contributed by atoms with Crippen molar-refractivity contribution in [2.24, 2.45) is 0 Å². The van der Waals surface area contributed by atoms with E-state index in [1.807, 2.05) is 23.1 Å². The van der Waals surface area contributed by atoms with Gasteiger partial charge in [0.1, 0.15) is 5.75 Å². The van der Waals surface area contributed by atoms with Crippen LogP contribution in [0.3, 0.4) is 0 Å². The van der Waals surface area contributed by atoms with Gasteiger partial charge in [0, 0.05) is 44.3 Å². The minimum Gasteiger partial charge on any atom is -0.496 e. The molecule has 0 unspecified atom stereocenters. The summed E-state index contributed by atoms with van der Waals surface area (Å²) in [7, 11) is 1.71. The van der Waals surface area contributed by atoms with Crippen molar-refractivity contribution < 1.29 is 9.53 Å². The van der Waals surface area contributed by atoms with Crippen LogP contribution in [0.15, 0.2) is 41.1 Å². The molecule has 3 rings (SSSR count). The molecule has 1 aliphatic heterocycles. The van der Waals surface area contributed by atoms with E-state index in [4.69, 9.17) is 4.74 Å². The van der Waals surface area contributed by atoms with Crippen LogP contribution in [0.1, 0.15) is 18.1 Å². The second kappa shape index (κ2) is 9.05. The van der Waals surface area contributed by atoms with Gasteiger partial charge in [0.15, 0.2) is 0 Å². The monoisotopic (exact) mass is 373 g/mol. The fourth-order valence-corrected chi connectivity index (χ4v) is 3.98. The number of benzene rings is 1. The Bertz CT molecular complexity index is 697. The summed E-state index contributed by atoms with van der Waals surface area (Å²) in [6.45, 7) is 6.19. The number of amides is 2. The number of thiophene rings is 1. The van der Waals surface area contributed by atoms with Gasteiger partial charge in [-0.15, -0.1) is 0 Å². The van der Waals surface area contributed by atoms with E-state index in [-0.39, 0.29) is 12.1 Å². The lowest BCUT2D eigenvalue weighted by Gasteiger charge is -2.35. The Balaban J connectivity index is 1.45. The van der Waals surface area contributed by atoms with Crippen molar-refractivity contribution in [3.05, 3.63) is 52.2 Å². The molecule has 0 radical (unpaired) electrons. The highest BCUT2D eigenvalue weighted by molar-refractivity contribution is 7.07. The number of carbonyl (C=O) groups is 1. The van der Waals surface area contributed by atoms with Crippen molar-refractivity contribution >= 4 is 17.4 Å². The maximum absolute atomic E-state index is 12.5. The third kappa shape index (κ3) is 4.99. The van der Waals surface area contributed by atoms with Crippen molar-refractivity contribution in [3.63, 3.8) is 0 Å². The van der Waals surface area contributed by atoms with E-state index in [0.29, 0.717) is 0 Å². The lowest BCUT2D eigenvalue weighted by Crippen LogP contribution is -2.53. The van der Waals surface area contributed by atoms with Gasteiger partial charge in [-0.3, -0.25) is 4.90 Å². The lowest BCUT2D eigenvalue weighted by atomic mass is 10.1. The van der Waals surface area contributed by atoms with Crippen LogP contribution in [-0.4, -0.2) is 55.2 Å². The lowest BCUT2D eigenvalue weighted by molar-refractivity contribution is 0.133. The number of nitrogens with one attached hydrogen (secondary N) is 1. The summed E-state index contributed by atoms with van der Waals surface area (Å²) in [6, 6.07) is 10.4. The maximum atomic E-state index is 12.5. The SMILES string of the molecule is COc1ccccc1CN1CCN(C(=O)N[C@H](C)Cc2ccsc2)CC1. The quantitative estimate of drug-likeness (QED) is 0.846. The zero-order valence-electron chi connectivity index (χ0n) is 15.5. The molecule has 1 aromatic carbocycles. The van der Waals surface area contributed by atoms with Gasteiger partial charge >= 0.3 is 6.03 Å². The smallest absolute Gasteiger partial charge is 0.317 e. The maximum Gasteiger partial charge on any atom is 0.317 e. The Labute approximate surface area is 159 Å². The number of hydrogen-bond donors (Lipinski definition) is 1. The zero-order valence-corrected chi connectivity index (χ0v) is 16.3. The Hall–Kier alpha value is -2.05. The molecule has 6 heteroatoms. The van der Waals surface area contributed by atoms with E-state index in [1.165, 1.54) is 11.1 Å². The van der Waals surface area contributed by atoms with Crippen molar-refractivity contribution in [3.8, 4) is 5.75 Å². The summed E-state index contributed by atoms with van der Waals surface area (Å²) in [4.78, 5) is 16.8. The van der Waals surface area contributed by atoms with E-state index in [0.717, 1.165) is 44.9 Å². The number of para-hydroxylation sites is 1. The zero-order chi connectivity index (χ0) is 18.4. The fraction of sp³-hybridized carbons (Fsp3) is 0.450. The summed E-state index contributed by atoms with van der Waals surface area (Å²) < 4.78 is 5.43. The standard InChI is InChI=1S/C20H27N3O2S/c1-16(13-17-7-12-26-15-17)21-20(24)23-10-8-22(9-11-23)14-18-5-3-4-6-19(18)25-2/h3-7,12,15-16H,8-11,13-14H2,1-2H3,(H,21,24)/t16-/m1/s1. The van der Waals surface area contributed by atoms with Gasteiger partial charge in [-0.25, -0.2) is 4.79 Å². The third-order valence-corrected chi connectivity index (χ3v) is 5.47. The highest BCUT2D eigenvalue weighted by atomic mass is 32.1. The van der Waals surface area contributed by atoms with Gasteiger partial charge in [-0.1, -0.05) is 18.2 Å². The van der Waals surface area contributed by atoms with Crippen molar-refractivity contribution in [2.75, 3.05) is 33.3 Å². The first kappa shape index (κ1) is 18.7. The number of urea groups is 1. The first-order valence-electron chi connectivity index (χ1n) is 9.06. The normalized spacial score (nSPS) is 16.3. The van der Waals surface area contributed by atoms with Crippen LogP contribution >= 0.6 is 11.3 Å². The number of piperazine rings is 1. The van der Waals surface area contributed by atoms with Crippen LogP contribution in [0.25, 0.3) is 0 Å². The molecule has 0 aliphatic carbocycles. The van der Waals surface area contributed by atoms with E-state index in [1.54, 1.807) is 18.4 Å². The molecule has 1 aromatic heterocycles. The summed E-state index contributed by atoms with van der Waals surface area (Å²) >= 11 is 1.69. The number of rotatable bonds is 6. The summed E-state index contributed by atoms with van der Waals surface area (Å²) in [5.41, 5.74) is 2.47. The van der Waals surface area contributed by atoms with Gasteiger partial charge in [-0.2, -0.15) is 11.3 Å². The van der Waals surface area contributed by atoms with Crippen molar-refractivity contribution in [2.45, 2.75) is 25.9 Å². The molecular formula is C20H27N3O2S. The second-order valence-electron chi connectivity index (χ2n) is 6.76. The average Bonchev–Trinajstić information content (AvgIpc) is 3.15. The number of hydrogen-bond acceptors (Lipinski definition) is 4. The molecular weight excluding hydrogens is 346 g/mol. The Morgan fingerprint density at radius 2 is 2.00 bits per heavy atom. The Kier molecular flexibility index (Phi) is 6.52. The van der Waals surface area contributed by atoms with Gasteiger partial charge in [-0.05, 0) is 41.8 Å². The molecule has 1 atom stereocenters. The number of nitrogens with zero attached hydrogens (tertiary/aromatic N) is 2. The van der Waals surface area contributed by atoms with Crippen LogP contribution in [0, 0.1) is 0 Å². The van der Waals surface area contributed by atoms with Gasteiger partial charge in [0.25, 0.3) is 0 Å². The minimum absolute atomic E-state index is 0.0460. The van der Waals surface area contributed by atoms with Crippen LogP contribution in [-0.2, 0) is 13.0 Å². The molecule has 1 N–H and O–H groups in total. The molecule has 5 nitrogen and oxygen atoms in total. The molecule has 1 fully saturated rings. The van der Waals surface area contributed by atoms with E-state index in [2.05, 4.69) is 40.0 Å². The summed E-state index contributed by atoms with van der Waals surface area (Å²) in [5, 5.41) is 7.34. The van der Waals surface area contributed by atoms with E-state index < -0.39 is 0 Å². The summed E-state index contributed by atoms with van der Waals surface area (Å²) in [6.07, 6.45) is 0.878. The van der Waals surface area contributed by atoms with Gasteiger partial charge in [0.05, 0.1) is 7.11 Å². The first-order valence-corrected chi connectivity index (χ1v) is 10.0. The van der Waals surface area contributed by atoms with Crippen LogP contribution in [0.4, 0.5) is 4.79 Å². The highest BCUT2D eigenvalue weighted by Gasteiger charge is 2.22. The molecule has 0 saturated carbocycles. The first-order chi connectivity index (χ1) is 12.7. The highest BCUT2D eigenvalue weighted by Crippen LogP contribution is 2.20. The molecule has 0 spiro atoms. The Morgan fingerprint density at radius 3 is 2.69 bits per heavy atom. The van der Waals surface area contributed by atoms with E-state index >= 15 is 0 Å². The minimum atomic E-state index is 0.0460. The molecule has 2 aromatic rings. The number of ether oxygens (including phenoxy) is 1. The molecule has 2 amide bonds. The van der Waals surface area contributed by atoms with Crippen LogP contribution in [0.2, 0.25) is 0 Å². The predicted molar refractivity (Wildman–Crippen MR) is 106 cm³/mol. The van der Waals surface area contributed by atoms with Crippen LogP contribution in [0.5, 0.6) is 5.75 Å². The third-order valence-electron chi connectivity index (χ3n) is 4.74. The number of carbonyl (C=O) groups excluding carboxylic acids is 1. The largest absolute Gasteiger partial charge is 0.496 e. The molecule has 1 aliphatic rings. The molecule has 0 bridgehead atoms. The predicted octanol–water partition coefficient (Wildman–Crippen LogP) is 3.22. The molecule has 26 heavy (non-hydrogen) atoms. The van der Waals surface area contributed by atoms with Crippen molar-refractivity contribution in [1.29, 1.82) is 0 Å². The summed E-state index contributed by atoms with van der Waals surface area (Å²) in [5.74, 6) is 0.926. The molecule has 140 valence electrons. The van der Waals surface area contributed by atoms with E-state index in [9.17, 15) is 4.79 Å². The van der Waals surface area contributed by atoms with Gasteiger partial charge in [0.2, 0.25) is 0 Å². The van der Waals surface area contributed by atoms with Crippen LogP contribution < -0.4 is 10.1 Å². The Morgan fingerprint density at radius 1 is 1.23 bits per heavy atom. The van der Waals surface area contributed by atoms with Crippen molar-refractivity contribution in [1.82, 2.24) is 15.1 Å². The average molecular weight is 374 g/mol. The van der Waals surface area contributed by atoms with Gasteiger partial charge < -0.3 is 15.0 Å².